The zero-order chi connectivity index (χ0) is 14.4. The average molecular weight is 274 g/mol. The van der Waals surface area contributed by atoms with Crippen LogP contribution in [0.1, 0.15) is 20.3 Å². The van der Waals surface area contributed by atoms with Crippen LogP contribution in [0.15, 0.2) is 0 Å². The lowest BCUT2D eigenvalue weighted by atomic mass is 10.2. The molecule has 110 valence electrons. The third-order valence-corrected chi connectivity index (χ3v) is 2.80. The Morgan fingerprint density at radius 3 is 2.74 bits per heavy atom. The number of nitrogens with one attached hydrogen (secondary N) is 1. The van der Waals surface area contributed by atoms with Crippen LogP contribution < -0.4 is 5.32 Å². The van der Waals surface area contributed by atoms with Crippen molar-refractivity contribution in [2.75, 3.05) is 26.3 Å². The molecule has 0 radical (unpaired) electrons. The van der Waals surface area contributed by atoms with E-state index >= 15 is 0 Å². The van der Waals surface area contributed by atoms with Crippen molar-refractivity contribution in [3.05, 3.63) is 0 Å². The summed E-state index contributed by atoms with van der Waals surface area (Å²) in [5.41, 5.74) is 0. The Morgan fingerprint density at radius 1 is 1.47 bits per heavy atom. The van der Waals surface area contributed by atoms with Crippen molar-refractivity contribution in [3.63, 3.8) is 0 Å². The van der Waals surface area contributed by atoms with Crippen LogP contribution in [0.25, 0.3) is 0 Å². The maximum atomic E-state index is 11.8. The Hall–Kier alpha value is -1.34. The van der Waals surface area contributed by atoms with E-state index in [2.05, 4.69) is 5.32 Å². The van der Waals surface area contributed by atoms with Gasteiger partial charge in [0.1, 0.15) is 6.04 Å². The number of aliphatic hydroxyl groups is 1. The third-order valence-electron chi connectivity index (χ3n) is 2.80. The lowest BCUT2D eigenvalue weighted by molar-refractivity contribution is -0.141. The van der Waals surface area contributed by atoms with Gasteiger partial charge in [-0.05, 0) is 5.92 Å². The molecule has 1 saturated heterocycles. The Balaban J connectivity index is 2.30. The van der Waals surface area contributed by atoms with Gasteiger partial charge in [0.2, 0.25) is 0 Å². The first-order valence-electron chi connectivity index (χ1n) is 6.45. The lowest BCUT2D eigenvalue weighted by Crippen LogP contribution is -2.46. The lowest BCUT2D eigenvalue weighted by Gasteiger charge is -2.21. The van der Waals surface area contributed by atoms with Crippen LogP contribution >= 0.6 is 0 Å². The van der Waals surface area contributed by atoms with Gasteiger partial charge in [0.05, 0.1) is 12.7 Å². The van der Waals surface area contributed by atoms with Gasteiger partial charge in [-0.1, -0.05) is 13.8 Å². The van der Waals surface area contributed by atoms with Crippen molar-refractivity contribution < 1.29 is 24.5 Å². The monoisotopic (exact) mass is 274 g/mol. The largest absolute Gasteiger partial charge is 0.480 e. The standard InChI is InChI=1S/C12H22N2O5/c1-8(2)7-19-4-3-13-12(18)14-6-9(15)5-10(14)11(16)17/h8-10,15H,3-7H2,1-2H3,(H,13,18)(H,16,17)/t9-,10+/m1/s1. The van der Waals surface area contributed by atoms with E-state index in [4.69, 9.17) is 9.84 Å². The SMILES string of the molecule is CC(C)COCCNC(=O)N1C[C@H](O)C[C@H]1C(=O)O. The number of carboxylic acid groups (broad SMARTS) is 1. The molecule has 2 amide bonds. The molecule has 0 bridgehead atoms. The van der Waals surface area contributed by atoms with Crippen molar-refractivity contribution in [2.45, 2.75) is 32.4 Å². The van der Waals surface area contributed by atoms with Gasteiger partial charge >= 0.3 is 12.0 Å². The first-order chi connectivity index (χ1) is 8.91. The molecule has 0 aliphatic carbocycles. The topological polar surface area (TPSA) is 99.1 Å². The normalized spacial score (nSPS) is 22.8. The van der Waals surface area contributed by atoms with Gasteiger partial charge in [-0.2, -0.15) is 0 Å². The average Bonchev–Trinajstić information content (AvgIpc) is 2.70. The number of carbonyl (C=O) groups is 2. The molecule has 1 aliphatic heterocycles. The number of β-amino-alcohol motifs (C(OH)–C–C–N with tert-alkyl or cyclic N) is 1. The van der Waals surface area contributed by atoms with E-state index in [0.717, 1.165) is 4.90 Å². The zero-order valence-electron chi connectivity index (χ0n) is 11.3. The van der Waals surface area contributed by atoms with Gasteiger partial charge in [-0.15, -0.1) is 0 Å². The minimum atomic E-state index is -1.09. The molecular weight excluding hydrogens is 252 g/mol. The molecule has 0 aromatic heterocycles. The van der Waals surface area contributed by atoms with Crippen LogP contribution in [0, 0.1) is 5.92 Å². The number of urea groups is 1. The second-order valence-electron chi connectivity index (χ2n) is 5.10. The molecular formula is C12H22N2O5. The fraction of sp³-hybridized carbons (Fsp3) is 0.833. The number of carbonyl (C=O) groups excluding carboxylic acids is 1. The summed E-state index contributed by atoms with van der Waals surface area (Å²) in [6.07, 6.45) is -0.698. The highest BCUT2D eigenvalue weighted by Crippen LogP contribution is 2.17. The maximum absolute atomic E-state index is 11.8. The molecule has 0 saturated carbocycles. The summed E-state index contributed by atoms with van der Waals surface area (Å²) in [6.45, 7) is 5.44. The predicted octanol–water partition coefficient (Wildman–Crippen LogP) is -0.112. The van der Waals surface area contributed by atoms with Crippen molar-refractivity contribution in [2.24, 2.45) is 5.92 Å². The van der Waals surface area contributed by atoms with Gasteiger partial charge in [-0.3, -0.25) is 0 Å². The Morgan fingerprint density at radius 2 is 2.16 bits per heavy atom. The number of hydrogen-bond donors (Lipinski definition) is 3. The number of nitrogens with zero attached hydrogens (tertiary/aromatic N) is 1. The zero-order valence-corrected chi connectivity index (χ0v) is 11.3. The van der Waals surface area contributed by atoms with E-state index < -0.39 is 24.1 Å². The number of aliphatic hydroxyl groups excluding tert-OH is 1. The quantitative estimate of drug-likeness (QED) is 0.587. The highest BCUT2D eigenvalue weighted by atomic mass is 16.5. The molecule has 1 heterocycles. The molecule has 7 heteroatoms. The smallest absolute Gasteiger partial charge is 0.326 e. The van der Waals surface area contributed by atoms with E-state index in [-0.39, 0.29) is 13.0 Å². The number of carboxylic acids is 1. The summed E-state index contributed by atoms with van der Waals surface area (Å²) in [7, 11) is 0. The summed E-state index contributed by atoms with van der Waals surface area (Å²) in [5.74, 6) is -0.663. The number of aliphatic carboxylic acids is 1. The molecule has 1 rings (SSSR count). The first kappa shape index (κ1) is 15.7. The summed E-state index contributed by atoms with van der Waals surface area (Å²) in [6, 6.07) is -1.43. The van der Waals surface area contributed by atoms with E-state index in [1.807, 2.05) is 13.8 Å². The predicted molar refractivity (Wildman–Crippen MR) is 67.8 cm³/mol. The number of rotatable bonds is 6. The molecule has 0 aromatic carbocycles. The molecule has 2 atom stereocenters. The van der Waals surface area contributed by atoms with Crippen molar-refractivity contribution in [1.82, 2.24) is 10.2 Å². The van der Waals surface area contributed by atoms with Crippen LogP contribution in [0.5, 0.6) is 0 Å². The number of amides is 2. The molecule has 0 unspecified atom stereocenters. The fourth-order valence-corrected chi connectivity index (χ4v) is 1.92. The van der Waals surface area contributed by atoms with Crippen molar-refractivity contribution >= 4 is 12.0 Å². The molecule has 19 heavy (non-hydrogen) atoms. The van der Waals surface area contributed by atoms with Crippen LogP contribution in [0.4, 0.5) is 4.79 Å². The Labute approximate surface area is 112 Å². The van der Waals surface area contributed by atoms with E-state index in [1.54, 1.807) is 0 Å². The van der Waals surface area contributed by atoms with Gasteiger partial charge in [0, 0.05) is 26.1 Å². The van der Waals surface area contributed by atoms with Gasteiger partial charge < -0.3 is 25.2 Å². The highest BCUT2D eigenvalue weighted by molar-refractivity contribution is 5.83. The number of hydrogen-bond acceptors (Lipinski definition) is 4. The molecule has 0 spiro atoms. The molecule has 3 N–H and O–H groups in total. The summed E-state index contributed by atoms with van der Waals surface area (Å²) >= 11 is 0. The minimum Gasteiger partial charge on any atom is -0.480 e. The van der Waals surface area contributed by atoms with Crippen molar-refractivity contribution in [3.8, 4) is 0 Å². The highest BCUT2D eigenvalue weighted by Gasteiger charge is 2.38. The first-order valence-corrected chi connectivity index (χ1v) is 6.45. The minimum absolute atomic E-state index is 0.0512. The summed E-state index contributed by atoms with van der Waals surface area (Å²) in [5, 5.41) is 21.0. The Bertz CT molecular complexity index is 321. The fourth-order valence-electron chi connectivity index (χ4n) is 1.92. The maximum Gasteiger partial charge on any atom is 0.326 e. The summed E-state index contributed by atoms with van der Waals surface area (Å²) < 4.78 is 5.30. The number of likely N-dealkylation sites (tertiary alicyclic amines) is 1. The molecule has 0 aromatic rings. The van der Waals surface area contributed by atoms with Gasteiger partial charge in [0.15, 0.2) is 0 Å². The molecule has 1 aliphatic rings. The van der Waals surface area contributed by atoms with Crippen LogP contribution in [-0.2, 0) is 9.53 Å². The van der Waals surface area contributed by atoms with Crippen LogP contribution in [0.2, 0.25) is 0 Å². The second kappa shape index (κ2) is 7.30. The van der Waals surface area contributed by atoms with Gasteiger partial charge in [-0.25, -0.2) is 9.59 Å². The van der Waals surface area contributed by atoms with E-state index in [1.165, 1.54) is 0 Å². The molecule has 1 fully saturated rings. The van der Waals surface area contributed by atoms with Crippen molar-refractivity contribution in [1.29, 1.82) is 0 Å². The Kier molecular flexibility index (Phi) is 6.04. The number of ether oxygens (including phenoxy) is 1. The van der Waals surface area contributed by atoms with Gasteiger partial charge in [0.25, 0.3) is 0 Å². The summed E-state index contributed by atoms with van der Waals surface area (Å²) in [4.78, 5) is 23.9. The van der Waals surface area contributed by atoms with E-state index in [0.29, 0.717) is 25.7 Å². The molecule has 7 nitrogen and oxygen atoms in total. The second-order valence-corrected chi connectivity index (χ2v) is 5.10. The third kappa shape index (κ3) is 5.04. The van der Waals surface area contributed by atoms with Crippen LogP contribution in [0.3, 0.4) is 0 Å². The van der Waals surface area contributed by atoms with E-state index in [9.17, 15) is 14.7 Å². The van der Waals surface area contributed by atoms with Crippen LogP contribution in [-0.4, -0.2) is 65.6 Å².